The molecule has 0 bridgehead atoms. The van der Waals surface area contributed by atoms with Crippen LogP contribution >= 0.6 is 34.5 Å². The maximum absolute atomic E-state index is 15.4. The number of hydrogen-bond donors (Lipinski definition) is 1. The van der Waals surface area contributed by atoms with Crippen molar-refractivity contribution in [3.8, 4) is 11.1 Å². The van der Waals surface area contributed by atoms with Crippen LogP contribution in [0.4, 0.5) is 8.78 Å². The van der Waals surface area contributed by atoms with Crippen LogP contribution in [0.1, 0.15) is 28.6 Å². The number of carbonyl (C=O) groups is 1. The number of pyridine rings is 1. The average molecular weight is 609 g/mol. The lowest BCUT2D eigenvalue weighted by molar-refractivity contribution is -0.159. The van der Waals surface area contributed by atoms with Gasteiger partial charge in [0, 0.05) is 44.5 Å². The molecule has 0 saturated carbocycles. The van der Waals surface area contributed by atoms with Gasteiger partial charge in [0.25, 0.3) is 5.56 Å². The highest BCUT2D eigenvalue weighted by molar-refractivity contribution is 7.09. The van der Waals surface area contributed by atoms with Gasteiger partial charge in [-0.05, 0) is 41.5 Å². The Morgan fingerprint density at radius 2 is 1.68 bits per heavy atom. The molecule has 1 atom stereocenters. The SMILES string of the molecule is O=C(N1N=C(c2c(-c3ccc(Cl)cc3)c3ccccc3[nH]c2=O)C[C@H]1c1ccc(Cl)cc1)C(F)(F)Cc1nccs1. The van der Waals surface area contributed by atoms with Crippen LogP contribution in [0, 0.1) is 0 Å². The summed E-state index contributed by atoms with van der Waals surface area (Å²) in [5, 5.41) is 8.63. The second kappa shape index (κ2) is 10.8. The summed E-state index contributed by atoms with van der Waals surface area (Å²) in [5.74, 6) is -5.26. The first-order valence-corrected chi connectivity index (χ1v) is 14.2. The molecule has 6 nitrogen and oxygen atoms in total. The second-order valence-corrected chi connectivity index (χ2v) is 11.4. The molecule has 1 aliphatic heterocycles. The van der Waals surface area contributed by atoms with Crippen LogP contribution in [0.25, 0.3) is 22.0 Å². The van der Waals surface area contributed by atoms with E-state index in [0.717, 1.165) is 21.7 Å². The molecule has 0 radical (unpaired) electrons. The van der Waals surface area contributed by atoms with Gasteiger partial charge in [-0.2, -0.15) is 13.9 Å². The van der Waals surface area contributed by atoms with Crippen LogP contribution < -0.4 is 5.56 Å². The van der Waals surface area contributed by atoms with Crippen molar-refractivity contribution >= 4 is 57.1 Å². The summed E-state index contributed by atoms with van der Waals surface area (Å²) >= 11 is 13.3. The van der Waals surface area contributed by atoms with Gasteiger partial charge in [-0.3, -0.25) is 9.59 Å². The van der Waals surface area contributed by atoms with Gasteiger partial charge in [0.15, 0.2) is 0 Å². The number of alkyl halides is 2. The molecular weight excluding hydrogens is 589 g/mol. The van der Waals surface area contributed by atoms with Gasteiger partial charge < -0.3 is 4.98 Å². The van der Waals surface area contributed by atoms with Crippen LogP contribution in [0.3, 0.4) is 0 Å². The standard InChI is InChI=1S/C30H20Cl2F2N4O2S/c31-19-9-5-17(6-10-19)24-15-23(37-38(24)29(40)30(33,34)16-25-35-13-14-41-25)27-26(18-7-11-20(32)12-8-18)21-3-1-2-4-22(21)36-28(27)39/h1-14,24H,15-16H2,(H,36,39)/t24-/m0/s1. The molecule has 1 aliphatic rings. The molecule has 0 spiro atoms. The highest BCUT2D eigenvalue weighted by Crippen LogP contribution is 2.39. The Balaban J connectivity index is 1.52. The normalized spacial score (nSPS) is 15.4. The fourth-order valence-corrected chi connectivity index (χ4v) is 5.92. The first-order chi connectivity index (χ1) is 19.7. The van der Waals surface area contributed by atoms with Crippen molar-refractivity contribution in [2.24, 2.45) is 5.10 Å². The number of hydrazone groups is 1. The van der Waals surface area contributed by atoms with Crippen molar-refractivity contribution in [1.29, 1.82) is 0 Å². The summed E-state index contributed by atoms with van der Waals surface area (Å²) in [6, 6.07) is 19.9. The van der Waals surface area contributed by atoms with E-state index in [4.69, 9.17) is 23.2 Å². The highest BCUT2D eigenvalue weighted by Gasteiger charge is 2.48. The van der Waals surface area contributed by atoms with Crippen molar-refractivity contribution in [3.63, 3.8) is 0 Å². The summed E-state index contributed by atoms with van der Waals surface area (Å²) in [7, 11) is 0. The number of rotatable bonds is 6. The monoisotopic (exact) mass is 608 g/mol. The Morgan fingerprint density at radius 1 is 1.00 bits per heavy atom. The molecule has 0 aliphatic carbocycles. The molecule has 0 saturated heterocycles. The fraction of sp³-hybridized carbons (Fsp3) is 0.133. The van der Waals surface area contributed by atoms with Crippen molar-refractivity contribution in [2.45, 2.75) is 24.8 Å². The zero-order valence-electron chi connectivity index (χ0n) is 21.2. The summed E-state index contributed by atoms with van der Waals surface area (Å²) in [5.41, 5.74) is 2.36. The van der Waals surface area contributed by atoms with E-state index in [-0.39, 0.29) is 22.7 Å². The molecule has 3 aromatic carbocycles. The van der Waals surface area contributed by atoms with Crippen LogP contribution in [0.2, 0.25) is 10.0 Å². The van der Waals surface area contributed by atoms with Gasteiger partial charge >= 0.3 is 11.8 Å². The van der Waals surface area contributed by atoms with Gasteiger partial charge in [0.2, 0.25) is 0 Å². The molecule has 2 aromatic heterocycles. The Labute approximate surface area is 246 Å². The molecule has 206 valence electrons. The molecular formula is C30H20Cl2F2N4O2S. The smallest absolute Gasteiger partial charge is 0.321 e. The number of nitrogens with zero attached hydrogens (tertiary/aromatic N) is 3. The van der Waals surface area contributed by atoms with Crippen LogP contribution in [0.15, 0.2) is 94.3 Å². The van der Waals surface area contributed by atoms with Gasteiger partial charge in [-0.15, -0.1) is 11.3 Å². The van der Waals surface area contributed by atoms with E-state index in [2.05, 4.69) is 15.1 Å². The van der Waals surface area contributed by atoms with E-state index in [9.17, 15) is 9.59 Å². The predicted octanol–water partition coefficient (Wildman–Crippen LogP) is 7.51. The highest BCUT2D eigenvalue weighted by atomic mass is 35.5. The molecule has 0 unspecified atom stereocenters. The Kier molecular flexibility index (Phi) is 7.19. The largest absolute Gasteiger partial charge is 0.332 e. The van der Waals surface area contributed by atoms with Gasteiger partial charge in [0.05, 0.1) is 28.7 Å². The number of hydrogen-bond acceptors (Lipinski definition) is 5. The van der Waals surface area contributed by atoms with Crippen molar-refractivity contribution in [1.82, 2.24) is 15.0 Å². The minimum atomic E-state index is -3.78. The number of benzene rings is 3. The summed E-state index contributed by atoms with van der Waals surface area (Å²) < 4.78 is 30.8. The number of halogens is 4. The Morgan fingerprint density at radius 3 is 2.37 bits per heavy atom. The molecule has 0 fully saturated rings. The number of H-pyrrole nitrogens is 1. The van der Waals surface area contributed by atoms with Crippen molar-refractivity contribution < 1.29 is 13.6 Å². The third kappa shape index (κ3) is 5.28. The molecule has 1 amide bonds. The summed E-state index contributed by atoms with van der Waals surface area (Å²) in [4.78, 5) is 33.8. The number of aromatic nitrogens is 2. The van der Waals surface area contributed by atoms with E-state index in [1.54, 1.807) is 66.0 Å². The first-order valence-electron chi connectivity index (χ1n) is 12.6. The average Bonchev–Trinajstić information content (AvgIpc) is 3.63. The van der Waals surface area contributed by atoms with Gasteiger partial charge in [-0.25, -0.2) is 9.99 Å². The lowest BCUT2D eigenvalue weighted by Gasteiger charge is -2.25. The molecule has 1 N–H and O–H groups in total. The second-order valence-electron chi connectivity index (χ2n) is 9.53. The van der Waals surface area contributed by atoms with Gasteiger partial charge in [0.1, 0.15) is 0 Å². The van der Waals surface area contributed by atoms with E-state index in [1.807, 2.05) is 12.1 Å². The van der Waals surface area contributed by atoms with Crippen LogP contribution in [0.5, 0.6) is 0 Å². The van der Waals surface area contributed by atoms with Crippen LogP contribution in [-0.4, -0.2) is 32.5 Å². The summed E-state index contributed by atoms with van der Waals surface area (Å²) in [6.45, 7) is 0. The van der Waals surface area contributed by atoms with E-state index < -0.39 is 29.9 Å². The maximum atomic E-state index is 15.4. The quantitative estimate of drug-likeness (QED) is 0.216. The minimum absolute atomic E-state index is 0.0305. The number of aromatic amines is 1. The molecule has 41 heavy (non-hydrogen) atoms. The molecule has 6 rings (SSSR count). The molecule has 5 aromatic rings. The number of para-hydroxylation sites is 1. The number of thiazole rings is 1. The predicted molar refractivity (Wildman–Crippen MR) is 158 cm³/mol. The maximum Gasteiger partial charge on any atom is 0.332 e. The zero-order chi connectivity index (χ0) is 28.7. The van der Waals surface area contributed by atoms with Crippen molar-refractivity contribution in [3.05, 3.63) is 121 Å². The Hall–Kier alpha value is -3.92. The summed E-state index contributed by atoms with van der Waals surface area (Å²) in [6.07, 6.45) is 0.584. The van der Waals surface area contributed by atoms with E-state index >= 15 is 8.78 Å². The third-order valence-corrected chi connectivity index (χ3v) is 8.17. The lowest BCUT2D eigenvalue weighted by atomic mass is 9.91. The molecule has 11 heteroatoms. The number of carbonyl (C=O) groups excluding carboxylic acids is 1. The van der Waals surface area contributed by atoms with Crippen LogP contribution in [-0.2, 0) is 11.2 Å². The van der Waals surface area contributed by atoms with E-state index in [0.29, 0.717) is 32.3 Å². The topological polar surface area (TPSA) is 78.4 Å². The number of amides is 1. The van der Waals surface area contributed by atoms with Crippen molar-refractivity contribution in [2.75, 3.05) is 0 Å². The molecule has 3 heterocycles. The number of nitrogens with one attached hydrogen (secondary N) is 1. The Bertz CT molecular complexity index is 1840. The minimum Gasteiger partial charge on any atom is -0.321 e. The first kappa shape index (κ1) is 27.3. The number of fused-ring (bicyclic) bond motifs is 1. The van der Waals surface area contributed by atoms with Gasteiger partial charge in [-0.1, -0.05) is 65.7 Å². The zero-order valence-corrected chi connectivity index (χ0v) is 23.5. The lowest BCUT2D eigenvalue weighted by Crippen LogP contribution is -2.42. The van der Waals surface area contributed by atoms with E-state index in [1.165, 1.54) is 6.20 Å². The fourth-order valence-electron chi connectivity index (χ4n) is 5.00. The third-order valence-electron chi connectivity index (χ3n) is 6.89.